The molecule has 0 amide bonds. The van der Waals surface area contributed by atoms with Crippen molar-refractivity contribution < 1.29 is 8.42 Å². The van der Waals surface area contributed by atoms with Gasteiger partial charge in [0.2, 0.25) is 10.0 Å². The number of H-pyrrole nitrogens is 1. The molecular formula is C11H14N4O2S. The number of hydrogen-bond donors (Lipinski definition) is 3. The Bertz CT molecular complexity index is 608. The summed E-state index contributed by atoms with van der Waals surface area (Å²) in [7, 11) is -3.64. The van der Waals surface area contributed by atoms with E-state index in [1.807, 2.05) is 12.1 Å². The molecule has 0 aliphatic carbocycles. The average Bonchev–Trinajstić information content (AvgIpc) is 2.81. The summed E-state index contributed by atoms with van der Waals surface area (Å²) in [6.07, 6.45) is 1.68. The number of sulfonamides is 1. The van der Waals surface area contributed by atoms with Crippen LogP contribution in [0, 0.1) is 0 Å². The first kappa shape index (κ1) is 12.7. The van der Waals surface area contributed by atoms with Crippen LogP contribution in [0.5, 0.6) is 0 Å². The number of rotatable bonds is 5. The molecule has 2 rings (SSSR count). The van der Waals surface area contributed by atoms with Crippen molar-refractivity contribution in [3.05, 3.63) is 47.8 Å². The third kappa shape index (κ3) is 3.39. The summed E-state index contributed by atoms with van der Waals surface area (Å²) >= 11 is 0. The number of aromatic nitrogens is 2. The number of nitrogens with two attached hydrogens (primary N) is 1. The van der Waals surface area contributed by atoms with Crippen LogP contribution in [-0.4, -0.2) is 18.6 Å². The van der Waals surface area contributed by atoms with Crippen LogP contribution in [0.1, 0.15) is 11.3 Å². The first-order valence-corrected chi connectivity index (χ1v) is 6.91. The molecule has 0 aliphatic heterocycles. The van der Waals surface area contributed by atoms with Gasteiger partial charge in [0.15, 0.2) is 0 Å². The van der Waals surface area contributed by atoms with Gasteiger partial charge in [-0.15, -0.1) is 0 Å². The molecule has 0 aliphatic rings. The highest BCUT2D eigenvalue weighted by Gasteiger charge is 2.07. The van der Waals surface area contributed by atoms with Gasteiger partial charge in [0.1, 0.15) is 0 Å². The Morgan fingerprint density at radius 3 is 2.78 bits per heavy atom. The van der Waals surface area contributed by atoms with Gasteiger partial charge in [0.05, 0.1) is 4.90 Å². The molecular weight excluding hydrogens is 252 g/mol. The summed E-state index contributed by atoms with van der Waals surface area (Å²) in [4.78, 5) is 0.128. The quantitative estimate of drug-likeness (QED) is 0.726. The van der Waals surface area contributed by atoms with Crippen LogP contribution in [0.4, 0.5) is 0 Å². The lowest BCUT2D eigenvalue weighted by molar-refractivity contribution is 0.597. The predicted octanol–water partition coefficient (Wildman–Crippen LogP) is 0.347. The second-order valence-electron chi connectivity index (χ2n) is 3.88. The first-order chi connectivity index (χ1) is 8.55. The highest BCUT2D eigenvalue weighted by atomic mass is 32.2. The molecule has 4 N–H and O–H groups in total. The van der Waals surface area contributed by atoms with Crippen molar-refractivity contribution in [3.63, 3.8) is 0 Å². The lowest BCUT2D eigenvalue weighted by Crippen LogP contribution is -2.15. The van der Waals surface area contributed by atoms with E-state index in [0.29, 0.717) is 13.1 Å². The molecule has 2 aromatic rings. The Labute approximate surface area is 105 Å². The van der Waals surface area contributed by atoms with E-state index in [1.165, 1.54) is 6.07 Å². The molecule has 0 unspecified atom stereocenters. The second-order valence-corrected chi connectivity index (χ2v) is 5.44. The molecule has 1 heterocycles. The Balaban J connectivity index is 1.98. The number of nitrogens with zero attached hydrogens (tertiary/aromatic N) is 1. The summed E-state index contributed by atoms with van der Waals surface area (Å²) in [5, 5.41) is 14.9. The minimum absolute atomic E-state index is 0.128. The molecule has 0 saturated heterocycles. The maximum Gasteiger partial charge on any atom is 0.238 e. The van der Waals surface area contributed by atoms with Gasteiger partial charge in [-0.25, -0.2) is 13.6 Å². The Morgan fingerprint density at radius 2 is 2.11 bits per heavy atom. The van der Waals surface area contributed by atoms with Gasteiger partial charge in [-0.2, -0.15) is 5.10 Å². The van der Waals surface area contributed by atoms with Gasteiger partial charge in [-0.05, 0) is 23.8 Å². The van der Waals surface area contributed by atoms with E-state index in [2.05, 4.69) is 15.5 Å². The monoisotopic (exact) mass is 266 g/mol. The van der Waals surface area contributed by atoms with E-state index in [-0.39, 0.29) is 4.90 Å². The number of nitrogens with one attached hydrogen (secondary N) is 2. The van der Waals surface area contributed by atoms with Crippen molar-refractivity contribution in [1.82, 2.24) is 15.5 Å². The van der Waals surface area contributed by atoms with Crippen LogP contribution in [0.2, 0.25) is 0 Å². The van der Waals surface area contributed by atoms with Crippen molar-refractivity contribution >= 4 is 10.0 Å². The highest BCUT2D eigenvalue weighted by Crippen LogP contribution is 2.09. The molecule has 7 heteroatoms. The van der Waals surface area contributed by atoms with Gasteiger partial charge in [-0.1, -0.05) is 12.1 Å². The lowest BCUT2D eigenvalue weighted by Gasteiger charge is -2.05. The van der Waals surface area contributed by atoms with E-state index in [9.17, 15) is 8.42 Å². The van der Waals surface area contributed by atoms with Gasteiger partial charge < -0.3 is 5.32 Å². The van der Waals surface area contributed by atoms with Crippen molar-refractivity contribution in [2.24, 2.45) is 5.14 Å². The molecule has 0 radical (unpaired) electrons. The van der Waals surface area contributed by atoms with Crippen LogP contribution in [0.25, 0.3) is 0 Å². The highest BCUT2D eigenvalue weighted by molar-refractivity contribution is 7.89. The third-order valence-electron chi connectivity index (χ3n) is 2.43. The van der Waals surface area contributed by atoms with Gasteiger partial charge in [-0.3, -0.25) is 5.10 Å². The maximum absolute atomic E-state index is 11.2. The van der Waals surface area contributed by atoms with Crippen molar-refractivity contribution in [2.45, 2.75) is 18.0 Å². The van der Waals surface area contributed by atoms with E-state index in [0.717, 1.165) is 11.3 Å². The van der Waals surface area contributed by atoms with E-state index >= 15 is 0 Å². The standard InChI is InChI=1S/C11H14N4O2S/c12-18(16,17)11-3-1-2-9(6-11)7-13-8-10-4-5-14-15-10/h1-6,13H,7-8H2,(H,14,15)(H2,12,16,17). The van der Waals surface area contributed by atoms with Crippen molar-refractivity contribution in [2.75, 3.05) is 0 Å². The Morgan fingerprint density at radius 1 is 1.28 bits per heavy atom. The molecule has 0 saturated carbocycles. The normalized spacial score (nSPS) is 11.6. The summed E-state index contributed by atoms with van der Waals surface area (Å²) in [6, 6.07) is 8.43. The Hall–Kier alpha value is -1.70. The number of primary sulfonamides is 1. The number of hydrogen-bond acceptors (Lipinski definition) is 4. The van der Waals surface area contributed by atoms with Crippen LogP contribution >= 0.6 is 0 Å². The fraction of sp³-hybridized carbons (Fsp3) is 0.182. The minimum Gasteiger partial charge on any atom is -0.307 e. The first-order valence-electron chi connectivity index (χ1n) is 5.36. The molecule has 18 heavy (non-hydrogen) atoms. The van der Waals surface area contributed by atoms with Crippen LogP contribution in [-0.2, 0) is 23.1 Å². The molecule has 0 fully saturated rings. The van der Waals surface area contributed by atoms with Gasteiger partial charge in [0, 0.05) is 25.0 Å². The zero-order chi connectivity index (χ0) is 13.0. The minimum atomic E-state index is -3.64. The summed E-state index contributed by atoms with van der Waals surface area (Å²) in [5.74, 6) is 0. The van der Waals surface area contributed by atoms with E-state index < -0.39 is 10.0 Å². The third-order valence-corrected chi connectivity index (χ3v) is 3.34. The van der Waals surface area contributed by atoms with E-state index in [4.69, 9.17) is 5.14 Å². The smallest absolute Gasteiger partial charge is 0.238 e. The molecule has 0 atom stereocenters. The average molecular weight is 266 g/mol. The number of aromatic amines is 1. The summed E-state index contributed by atoms with van der Waals surface area (Å²) < 4.78 is 22.4. The zero-order valence-electron chi connectivity index (χ0n) is 9.63. The molecule has 1 aromatic carbocycles. The maximum atomic E-state index is 11.2. The van der Waals surface area contributed by atoms with Crippen LogP contribution in [0.3, 0.4) is 0 Å². The van der Waals surface area contributed by atoms with E-state index in [1.54, 1.807) is 18.3 Å². The molecule has 1 aromatic heterocycles. The van der Waals surface area contributed by atoms with Crippen LogP contribution < -0.4 is 10.5 Å². The zero-order valence-corrected chi connectivity index (χ0v) is 10.4. The van der Waals surface area contributed by atoms with Crippen LogP contribution in [0.15, 0.2) is 41.4 Å². The van der Waals surface area contributed by atoms with Gasteiger partial charge >= 0.3 is 0 Å². The summed E-state index contributed by atoms with van der Waals surface area (Å²) in [5.41, 5.74) is 1.83. The largest absolute Gasteiger partial charge is 0.307 e. The molecule has 96 valence electrons. The van der Waals surface area contributed by atoms with Crippen molar-refractivity contribution in [3.8, 4) is 0 Å². The number of benzene rings is 1. The van der Waals surface area contributed by atoms with Gasteiger partial charge in [0.25, 0.3) is 0 Å². The SMILES string of the molecule is NS(=O)(=O)c1cccc(CNCc2ccn[nH]2)c1. The fourth-order valence-corrected chi connectivity index (χ4v) is 2.14. The molecule has 0 bridgehead atoms. The topological polar surface area (TPSA) is 101 Å². The van der Waals surface area contributed by atoms with Crippen molar-refractivity contribution in [1.29, 1.82) is 0 Å². The molecule has 6 nitrogen and oxygen atoms in total. The fourth-order valence-electron chi connectivity index (χ4n) is 1.56. The predicted molar refractivity (Wildman–Crippen MR) is 66.9 cm³/mol. The lowest BCUT2D eigenvalue weighted by atomic mass is 10.2. The Kier molecular flexibility index (Phi) is 3.75. The summed E-state index contributed by atoms with van der Waals surface area (Å²) in [6.45, 7) is 1.20. The molecule has 0 spiro atoms. The second kappa shape index (κ2) is 5.30.